The molecule has 3 heteroatoms. The van der Waals surface area contributed by atoms with Gasteiger partial charge >= 0.3 is 0 Å². The van der Waals surface area contributed by atoms with E-state index in [-0.39, 0.29) is 0 Å². The number of piperidine rings is 1. The molecule has 0 radical (unpaired) electrons. The Morgan fingerprint density at radius 3 is 2.52 bits per heavy atom. The normalized spacial score (nSPS) is 20.5. The van der Waals surface area contributed by atoms with Crippen molar-refractivity contribution in [1.82, 2.24) is 9.80 Å². The summed E-state index contributed by atoms with van der Waals surface area (Å²) < 4.78 is 5.47. The maximum absolute atomic E-state index is 5.47. The SMILES string of the molecule is c1coc(CN2CCC(CN3CCc4ccccc4C3)CC2)c1. The average molecular weight is 310 g/mol. The minimum Gasteiger partial charge on any atom is -0.468 e. The molecule has 2 aliphatic rings. The van der Waals surface area contributed by atoms with E-state index in [0.717, 1.165) is 24.8 Å². The van der Waals surface area contributed by atoms with Crippen LogP contribution in [-0.4, -0.2) is 36.0 Å². The van der Waals surface area contributed by atoms with E-state index < -0.39 is 0 Å². The molecule has 122 valence electrons. The van der Waals surface area contributed by atoms with Crippen LogP contribution in [0.5, 0.6) is 0 Å². The van der Waals surface area contributed by atoms with Crippen molar-refractivity contribution in [2.45, 2.75) is 32.4 Å². The van der Waals surface area contributed by atoms with Gasteiger partial charge in [-0.1, -0.05) is 24.3 Å². The van der Waals surface area contributed by atoms with Crippen molar-refractivity contribution in [1.29, 1.82) is 0 Å². The van der Waals surface area contributed by atoms with E-state index in [9.17, 15) is 0 Å². The van der Waals surface area contributed by atoms with Gasteiger partial charge in [-0.05, 0) is 61.5 Å². The van der Waals surface area contributed by atoms with E-state index in [4.69, 9.17) is 4.42 Å². The number of hydrogen-bond donors (Lipinski definition) is 0. The molecule has 0 atom stereocenters. The molecule has 3 nitrogen and oxygen atoms in total. The van der Waals surface area contributed by atoms with Crippen LogP contribution in [0.1, 0.15) is 29.7 Å². The molecule has 0 bridgehead atoms. The molecule has 1 aromatic carbocycles. The molecule has 0 N–H and O–H groups in total. The van der Waals surface area contributed by atoms with Crippen LogP contribution in [0.3, 0.4) is 0 Å². The van der Waals surface area contributed by atoms with E-state index >= 15 is 0 Å². The largest absolute Gasteiger partial charge is 0.468 e. The first-order valence-electron chi connectivity index (χ1n) is 8.91. The second-order valence-electron chi connectivity index (χ2n) is 7.05. The molecule has 0 aliphatic carbocycles. The summed E-state index contributed by atoms with van der Waals surface area (Å²) in [5.74, 6) is 1.95. The zero-order valence-electron chi connectivity index (χ0n) is 13.8. The number of rotatable bonds is 4. The molecule has 0 unspecified atom stereocenters. The molecule has 4 rings (SSSR count). The fourth-order valence-electron chi connectivity index (χ4n) is 4.03. The number of fused-ring (bicyclic) bond motifs is 1. The molecule has 0 amide bonds. The molecule has 0 saturated carbocycles. The Kier molecular flexibility index (Phi) is 4.49. The van der Waals surface area contributed by atoms with Gasteiger partial charge in [-0.3, -0.25) is 9.80 Å². The lowest BCUT2D eigenvalue weighted by Gasteiger charge is -2.36. The summed E-state index contributed by atoms with van der Waals surface area (Å²) in [6, 6.07) is 13.0. The van der Waals surface area contributed by atoms with E-state index in [1.807, 2.05) is 6.07 Å². The summed E-state index contributed by atoms with van der Waals surface area (Å²) in [7, 11) is 0. The summed E-state index contributed by atoms with van der Waals surface area (Å²) in [6.45, 7) is 7.01. The van der Waals surface area contributed by atoms with Crippen LogP contribution in [0, 0.1) is 5.92 Å². The first-order valence-corrected chi connectivity index (χ1v) is 8.91. The molecule has 1 fully saturated rings. The summed E-state index contributed by atoms with van der Waals surface area (Å²) in [6.07, 6.45) is 5.63. The van der Waals surface area contributed by atoms with Crippen LogP contribution in [0.2, 0.25) is 0 Å². The Labute approximate surface area is 138 Å². The fourth-order valence-corrected chi connectivity index (χ4v) is 4.03. The molecule has 0 spiro atoms. The quantitative estimate of drug-likeness (QED) is 0.861. The number of furan rings is 1. The Balaban J connectivity index is 1.25. The maximum atomic E-state index is 5.47. The Hall–Kier alpha value is -1.58. The number of likely N-dealkylation sites (tertiary alicyclic amines) is 1. The van der Waals surface area contributed by atoms with E-state index in [0.29, 0.717) is 0 Å². The molecule has 23 heavy (non-hydrogen) atoms. The first-order chi connectivity index (χ1) is 11.4. The van der Waals surface area contributed by atoms with Crippen molar-refractivity contribution in [3.8, 4) is 0 Å². The highest BCUT2D eigenvalue weighted by Crippen LogP contribution is 2.24. The van der Waals surface area contributed by atoms with E-state index in [1.54, 1.807) is 11.8 Å². The van der Waals surface area contributed by atoms with Gasteiger partial charge in [0.1, 0.15) is 5.76 Å². The number of nitrogens with zero attached hydrogens (tertiary/aromatic N) is 2. The summed E-state index contributed by atoms with van der Waals surface area (Å²) in [5, 5.41) is 0. The highest BCUT2D eigenvalue weighted by Gasteiger charge is 2.23. The zero-order chi connectivity index (χ0) is 15.5. The predicted octanol–water partition coefficient (Wildman–Crippen LogP) is 3.55. The second-order valence-corrected chi connectivity index (χ2v) is 7.05. The summed E-state index contributed by atoms with van der Waals surface area (Å²) in [5.41, 5.74) is 3.09. The molecule has 3 heterocycles. The van der Waals surface area contributed by atoms with Gasteiger partial charge < -0.3 is 4.42 Å². The highest BCUT2D eigenvalue weighted by atomic mass is 16.3. The van der Waals surface area contributed by atoms with E-state index in [1.165, 1.54) is 51.0 Å². The number of hydrogen-bond acceptors (Lipinski definition) is 3. The van der Waals surface area contributed by atoms with Crippen LogP contribution >= 0.6 is 0 Å². The van der Waals surface area contributed by atoms with Crippen molar-refractivity contribution in [2.24, 2.45) is 5.92 Å². The Morgan fingerprint density at radius 2 is 1.74 bits per heavy atom. The minimum atomic E-state index is 0.855. The van der Waals surface area contributed by atoms with Gasteiger partial charge in [0.15, 0.2) is 0 Å². The van der Waals surface area contributed by atoms with Gasteiger partial charge in [-0.2, -0.15) is 0 Å². The molecular weight excluding hydrogens is 284 g/mol. The second kappa shape index (κ2) is 6.90. The van der Waals surface area contributed by atoms with Crippen molar-refractivity contribution >= 4 is 0 Å². The monoisotopic (exact) mass is 310 g/mol. The lowest BCUT2D eigenvalue weighted by Crippen LogP contribution is -2.40. The van der Waals surface area contributed by atoms with Crippen LogP contribution in [-0.2, 0) is 19.5 Å². The molecule has 1 aromatic heterocycles. The summed E-state index contributed by atoms with van der Waals surface area (Å²) in [4.78, 5) is 5.19. The lowest BCUT2D eigenvalue weighted by molar-refractivity contribution is 0.127. The third kappa shape index (κ3) is 3.67. The third-order valence-electron chi connectivity index (χ3n) is 5.39. The standard InChI is InChI=1S/C20H26N2O/c1-2-5-19-15-22(12-9-18(19)4-1)14-17-7-10-21(11-8-17)16-20-6-3-13-23-20/h1-6,13,17H,7-12,14-16H2. The smallest absolute Gasteiger partial charge is 0.117 e. The minimum absolute atomic E-state index is 0.855. The van der Waals surface area contributed by atoms with Crippen LogP contribution < -0.4 is 0 Å². The van der Waals surface area contributed by atoms with Crippen molar-refractivity contribution in [2.75, 3.05) is 26.2 Å². The Bertz CT molecular complexity index is 614. The van der Waals surface area contributed by atoms with Crippen LogP contribution in [0.15, 0.2) is 47.1 Å². The van der Waals surface area contributed by atoms with Gasteiger partial charge in [-0.15, -0.1) is 0 Å². The third-order valence-corrected chi connectivity index (χ3v) is 5.39. The van der Waals surface area contributed by atoms with Crippen molar-refractivity contribution in [3.63, 3.8) is 0 Å². The van der Waals surface area contributed by atoms with Crippen molar-refractivity contribution in [3.05, 3.63) is 59.5 Å². The molecule has 2 aliphatic heterocycles. The fraction of sp³-hybridized carbons (Fsp3) is 0.500. The van der Waals surface area contributed by atoms with E-state index in [2.05, 4.69) is 40.1 Å². The maximum Gasteiger partial charge on any atom is 0.117 e. The molecule has 2 aromatic rings. The van der Waals surface area contributed by atoms with Crippen LogP contribution in [0.4, 0.5) is 0 Å². The Morgan fingerprint density at radius 1 is 0.913 bits per heavy atom. The van der Waals surface area contributed by atoms with Crippen molar-refractivity contribution < 1.29 is 4.42 Å². The van der Waals surface area contributed by atoms with Gasteiger partial charge in [0.05, 0.1) is 12.8 Å². The molecular formula is C20H26N2O. The number of benzene rings is 1. The van der Waals surface area contributed by atoms with Crippen LogP contribution in [0.25, 0.3) is 0 Å². The van der Waals surface area contributed by atoms with Gasteiger partial charge in [0.25, 0.3) is 0 Å². The first kappa shape index (κ1) is 15.0. The zero-order valence-corrected chi connectivity index (χ0v) is 13.8. The summed E-state index contributed by atoms with van der Waals surface area (Å²) >= 11 is 0. The highest BCUT2D eigenvalue weighted by molar-refractivity contribution is 5.29. The van der Waals surface area contributed by atoms with Gasteiger partial charge in [0, 0.05) is 19.6 Å². The predicted molar refractivity (Wildman–Crippen MR) is 92.1 cm³/mol. The topological polar surface area (TPSA) is 19.6 Å². The molecule has 1 saturated heterocycles. The average Bonchev–Trinajstić information content (AvgIpc) is 3.10. The van der Waals surface area contributed by atoms with Gasteiger partial charge in [-0.25, -0.2) is 0 Å². The van der Waals surface area contributed by atoms with Gasteiger partial charge in [0.2, 0.25) is 0 Å². The lowest BCUT2D eigenvalue weighted by atomic mass is 9.94.